The molecule has 2 aromatic rings. The van der Waals surface area contributed by atoms with Crippen LogP contribution in [0.4, 0.5) is 4.79 Å². The minimum atomic E-state index is -0.0555. The van der Waals surface area contributed by atoms with Gasteiger partial charge in [-0.15, -0.1) is 21.5 Å². The summed E-state index contributed by atoms with van der Waals surface area (Å²) < 4.78 is 1.86. The SMILES string of the molecule is Cc1cc([C@H](NC(=O)N(C)CCn2cnnc2)C(C)C)c(C)s1. The average molecular weight is 335 g/mol. The zero-order chi connectivity index (χ0) is 17.0. The lowest BCUT2D eigenvalue weighted by molar-refractivity contribution is 0.199. The van der Waals surface area contributed by atoms with Crippen LogP contribution in [0.25, 0.3) is 0 Å². The van der Waals surface area contributed by atoms with E-state index in [0.29, 0.717) is 19.0 Å². The molecule has 23 heavy (non-hydrogen) atoms. The minimum absolute atomic E-state index is 0.0322. The summed E-state index contributed by atoms with van der Waals surface area (Å²) in [6.07, 6.45) is 3.31. The standard InChI is InChI=1S/C16H25N5OS/c1-11(2)15(14-8-12(3)23-13(14)4)19-16(22)20(5)6-7-21-9-17-18-10-21/h8-11,15H,6-7H2,1-5H3,(H,19,22)/t15-/m1/s1. The third-order valence-corrected chi connectivity index (χ3v) is 4.85. The fourth-order valence-electron chi connectivity index (χ4n) is 2.51. The number of thiophene rings is 1. The lowest BCUT2D eigenvalue weighted by atomic mass is 9.96. The first-order valence-corrected chi connectivity index (χ1v) is 8.61. The second-order valence-corrected chi connectivity index (χ2v) is 7.62. The molecular formula is C16H25N5OS. The highest BCUT2D eigenvalue weighted by molar-refractivity contribution is 7.12. The maximum absolute atomic E-state index is 12.5. The van der Waals surface area contributed by atoms with Crippen LogP contribution in [0.2, 0.25) is 0 Å². The van der Waals surface area contributed by atoms with Crippen molar-refractivity contribution in [3.05, 3.63) is 34.0 Å². The van der Waals surface area contributed by atoms with Crippen molar-refractivity contribution in [2.45, 2.75) is 40.3 Å². The quantitative estimate of drug-likeness (QED) is 0.882. The van der Waals surface area contributed by atoms with Crippen LogP contribution in [0.5, 0.6) is 0 Å². The van der Waals surface area contributed by atoms with Gasteiger partial charge in [-0.05, 0) is 31.4 Å². The normalized spacial score (nSPS) is 12.4. The van der Waals surface area contributed by atoms with E-state index in [-0.39, 0.29) is 12.1 Å². The highest BCUT2D eigenvalue weighted by atomic mass is 32.1. The largest absolute Gasteiger partial charge is 0.331 e. The van der Waals surface area contributed by atoms with E-state index in [4.69, 9.17) is 0 Å². The van der Waals surface area contributed by atoms with Gasteiger partial charge < -0.3 is 14.8 Å². The number of amides is 2. The van der Waals surface area contributed by atoms with E-state index in [0.717, 1.165) is 0 Å². The number of nitrogens with one attached hydrogen (secondary N) is 1. The first-order chi connectivity index (χ1) is 10.9. The Balaban J connectivity index is 1.98. The Hall–Kier alpha value is -1.89. The Bertz CT molecular complexity index is 635. The van der Waals surface area contributed by atoms with Crippen LogP contribution in [-0.4, -0.2) is 39.3 Å². The zero-order valence-electron chi connectivity index (χ0n) is 14.4. The summed E-state index contributed by atoms with van der Waals surface area (Å²) in [5.74, 6) is 0.331. The van der Waals surface area contributed by atoms with Crippen molar-refractivity contribution in [1.29, 1.82) is 0 Å². The predicted octanol–water partition coefficient (Wildman–Crippen LogP) is 3.00. The van der Waals surface area contributed by atoms with Gasteiger partial charge in [-0.25, -0.2) is 4.79 Å². The molecule has 126 valence electrons. The summed E-state index contributed by atoms with van der Waals surface area (Å²) in [4.78, 5) is 16.7. The first kappa shape index (κ1) is 17.5. The maximum Gasteiger partial charge on any atom is 0.317 e. The van der Waals surface area contributed by atoms with Crippen LogP contribution in [0.15, 0.2) is 18.7 Å². The smallest absolute Gasteiger partial charge is 0.317 e. The van der Waals surface area contributed by atoms with Gasteiger partial charge >= 0.3 is 6.03 Å². The van der Waals surface area contributed by atoms with E-state index in [1.807, 2.05) is 11.6 Å². The number of carbonyl (C=O) groups is 1. The van der Waals surface area contributed by atoms with Gasteiger partial charge in [0.2, 0.25) is 0 Å². The number of carbonyl (C=O) groups excluding carboxylic acids is 1. The van der Waals surface area contributed by atoms with Crippen LogP contribution < -0.4 is 5.32 Å². The fraction of sp³-hybridized carbons (Fsp3) is 0.562. The summed E-state index contributed by atoms with van der Waals surface area (Å²) in [5, 5.41) is 10.7. The first-order valence-electron chi connectivity index (χ1n) is 7.79. The van der Waals surface area contributed by atoms with Gasteiger partial charge in [0.05, 0.1) is 6.04 Å². The summed E-state index contributed by atoms with van der Waals surface area (Å²) in [7, 11) is 1.81. The Morgan fingerprint density at radius 3 is 2.52 bits per heavy atom. The molecule has 2 heterocycles. The van der Waals surface area contributed by atoms with E-state index in [1.54, 1.807) is 28.9 Å². The van der Waals surface area contributed by atoms with Crippen LogP contribution in [0.1, 0.15) is 35.2 Å². The molecule has 1 N–H and O–H groups in total. The number of urea groups is 1. The number of rotatable bonds is 6. The Morgan fingerprint density at radius 1 is 1.35 bits per heavy atom. The highest BCUT2D eigenvalue weighted by Gasteiger charge is 2.23. The molecule has 0 spiro atoms. The number of hydrogen-bond donors (Lipinski definition) is 1. The molecule has 0 aromatic carbocycles. The Kier molecular flexibility index (Phi) is 5.76. The molecule has 2 amide bonds. The van der Waals surface area contributed by atoms with Crippen molar-refractivity contribution in [1.82, 2.24) is 25.0 Å². The predicted molar refractivity (Wildman–Crippen MR) is 92.6 cm³/mol. The van der Waals surface area contributed by atoms with Gasteiger partial charge in [0.15, 0.2) is 0 Å². The molecule has 0 aliphatic carbocycles. The molecule has 6 nitrogen and oxygen atoms in total. The minimum Gasteiger partial charge on any atom is -0.331 e. The van der Waals surface area contributed by atoms with Crippen molar-refractivity contribution in [3.8, 4) is 0 Å². The molecule has 0 radical (unpaired) electrons. The summed E-state index contributed by atoms with van der Waals surface area (Å²) in [6, 6.07) is 2.16. The molecule has 2 aromatic heterocycles. The van der Waals surface area contributed by atoms with Gasteiger partial charge in [0.25, 0.3) is 0 Å². The van der Waals surface area contributed by atoms with Crippen molar-refractivity contribution in [2.75, 3.05) is 13.6 Å². The monoisotopic (exact) mass is 335 g/mol. The van der Waals surface area contributed by atoms with Crippen LogP contribution in [0, 0.1) is 19.8 Å². The van der Waals surface area contributed by atoms with Crippen LogP contribution in [0.3, 0.4) is 0 Å². The second-order valence-electron chi connectivity index (χ2n) is 6.16. The topological polar surface area (TPSA) is 63.1 Å². The molecule has 2 rings (SSSR count). The average Bonchev–Trinajstić information content (AvgIpc) is 3.11. The van der Waals surface area contributed by atoms with Crippen LogP contribution >= 0.6 is 11.3 Å². The van der Waals surface area contributed by atoms with Gasteiger partial charge in [0.1, 0.15) is 12.7 Å². The summed E-state index contributed by atoms with van der Waals surface area (Å²) in [5.41, 5.74) is 1.23. The molecule has 0 saturated carbocycles. The second kappa shape index (κ2) is 7.59. The molecule has 0 unspecified atom stereocenters. The molecule has 0 aliphatic rings. The summed E-state index contributed by atoms with van der Waals surface area (Å²) >= 11 is 1.78. The lowest BCUT2D eigenvalue weighted by Gasteiger charge is -2.26. The van der Waals surface area contributed by atoms with Gasteiger partial charge in [-0.1, -0.05) is 13.8 Å². The molecule has 0 bridgehead atoms. The number of aryl methyl sites for hydroxylation is 2. The molecule has 7 heteroatoms. The number of nitrogens with zero attached hydrogens (tertiary/aromatic N) is 4. The van der Waals surface area contributed by atoms with Crippen LogP contribution in [-0.2, 0) is 6.54 Å². The van der Waals surface area contributed by atoms with Crippen molar-refractivity contribution >= 4 is 17.4 Å². The van der Waals surface area contributed by atoms with Crippen molar-refractivity contribution in [2.24, 2.45) is 5.92 Å². The van der Waals surface area contributed by atoms with E-state index in [2.05, 4.69) is 49.3 Å². The third-order valence-electron chi connectivity index (χ3n) is 3.87. The van der Waals surface area contributed by atoms with Crippen molar-refractivity contribution < 1.29 is 4.79 Å². The number of aromatic nitrogens is 3. The lowest BCUT2D eigenvalue weighted by Crippen LogP contribution is -2.42. The third kappa shape index (κ3) is 4.54. The van der Waals surface area contributed by atoms with E-state index in [1.165, 1.54) is 15.3 Å². The Morgan fingerprint density at radius 2 is 2.00 bits per heavy atom. The molecule has 0 fully saturated rings. The van der Waals surface area contributed by atoms with Gasteiger partial charge in [0, 0.05) is 29.9 Å². The van der Waals surface area contributed by atoms with E-state index in [9.17, 15) is 4.79 Å². The molecular weight excluding hydrogens is 310 g/mol. The fourth-order valence-corrected chi connectivity index (χ4v) is 3.48. The zero-order valence-corrected chi connectivity index (χ0v) is 15.2. The summed E-state index contributed by atoms with van der Waals surface area (Å²) in [6.45, 7) is 9.77. The maximum atomic E-state index is 12.5. The molecule has 1 atom stereocenters. The highest BCUT2D eigenvalue weighted by Crippen LogP contribution is 2.30. The van der Waals surface area contributed by atoms with Gasteiger partial charge in [-0.3, -0.25) is 0 Å². The van der Waals surface area contributed by atoms with Crippen molar-refractivity contribution in [3.63, 3.8) is 0 Å². The van der Waals surface area contributed by atoms with E-state index < -0.39 is 0 Å². The molecule has 0 saturated heterocycles. The molecule has 0 aliphatic heterocycles. The number of likely N-dealkylation sites (N-methyl/N-ethyl adjacent to an activating group) is 1. The van der Waals surface area contributed by atoms with Gasteiger partial charge in [-0.2, -0.15) is 0 Å². The van der Waals surface area contributed by atoms with E-state index >= 15 is 0 Å². The number of hydrogen-bond acceptors (Lipinski definition) is 4. The Labute approximate surface area is 141 Å².